The Morgan fingerprint density at radius 1 is 1.03 bits per heavy atom. The molecular weight excluding hydrogens is 444 g/mol. The number of aliphatic hydroxyl groups is 1. The van der Waals surface area contributed by atoms with Crippen LogP contribution < -0.4 is 10.6 Å². The molecule has 3 heterocycles. The molecule has 2 aliphatic carbocycles. The summed E-state index contributed by atoms with van der Waals surface area (Å²) in [6, 6.07) is 10.2. The van der Waals surface area contributed by atoms with Crippen molar-refractivity contribution >= 4 is 33.9 Å². The number of aromatic nitrogens is 6. The van der Waals surface area contributed by atoms with Gasteiger partial charge in [0.15, 0.2) is 11.2 Å². The first-order chi connectivity index (χ1) is 17.0. The van der Waals surface area contributed by atoms with Gasteiger partial charge in [-0.2, -0.15) is 9.67 Å². The summed E-state index contributed by atoms with van der Waals surface area (Å²) in [6.07, 6.45) is 6.09. The number of fused-ring (bicyclic) bond motifs is 2. The second-order valence-electron chi connectivity index (χ2n) is 9.76. The van der Waals surface area contributed by atoms with E-state index in [2.05, 4.69) is 30.9 Å². The highest BCUT2D eigenvalue weighted by Gasteiger charge is 2.33. The molecule has 2 saturated carbocycles. The van der Waals surface area contributed by atoms with E-state index >= 15 is 0 Å². The summed E-state index contributed by atoms with van der Waals surface area (Å²) >= 11 is 0. The highest BCUT2D eigenvalue weighted by molar-refractivity contribution is 5.82. The summed E-state index contributed by atoms with van der Waals surface area (Å²) in [5.41, 5.74) is 3.99. The van der Waals surface area contributed by atoms with E-state index in [1.54, 1.807) is 10.9 Å². The van der Waals surface area contributed by atoms with E-state index in [0.717, 1.165) is 54.4 Å². The second kappa shape index (κ2) is 8.84. The van der Waals surface area contributed by atoms with Crippen molar-refractivity contribution in [1.82, 2.24) is 35.3 Å². The largest absolute Gasteiger partial charge is 0.393 e. The summed E-state index contributed by atoms with van der Waals surface area (Å²) in [5.74, 6) is 0.563. The van der Waals surface area contributed by atoms with Crippen molar-refractivity contribution in [2.75, 3.05) is 5.32 Å². The van der Waals surface area contributed by atoms with Gasteiger partial charge in [0.25, 0.3) is 0 Å². The molecule has 4 aromatic rings. The van der Waals surface area contributed by atoms with Crippen LogP contribution in [0.3, 0.4) is 0 Å². The number of carbonyl (C=O) groups excluding carboxylic acids is 1. The predicted octanol–water partition coefficient (Wildman–Crippen LogP) is 2.68. The van der Waals surface area contributed by atoms with Crippen LogP contribution in [0.2, 0.25) is 0 Å². The minimum Gasteiger partial charge on any atom is -0.393 e. The van der Waals surface area contributed by atoms with Crippen LogP contribution >= 0.6 is 0 Å². The van der Waals surface area contributed by atoms with Crippen molar-refractivity contribution in [2.45, 2.75) is 63.6 Å². The third-order valence-corrected chi connectivity index (χ3v) is 7.14. The summed E-state index contributed by atoms with van der Waals surface area (Å²) in [6.45, 7) is 1.98. The van der Waals surface area contributed by atoms with Gasteiger partial charge < -0.3 is 15.7 Å². The fourth-order valence-corrected chi connectivity index (χ4v) is 5.26. The van der Waals surface area contributed by atoms with Gasteiger partial charge in [0.1, 0.15) is 0 Å². The Balaban J connectivity index is 1.17. The minimum absolute atomic E-state index is 0.0315. The van der Waals surface area contributed by atoms with Crippen LogP contribution in [0.4, 0.5) is 5.95 Å². The number of hydrogen-bond donors (Lipinski definition) is 3. The molecule has 0 radical (unpaired) electrons. The van der Waals surface area contributed by atoms with Crippen LogP contribution in [0.25, 0.3) is 27.8 Å². The number of nitrogens with one attached hydrogen (secondary N) is 2. The average molecular weight is 473 g/mol. The van der Waals surface area contributed by atoms with E-state index in [9.17, 15) is 9.90 Å². The zero-order chi connectivity index (χ0) is 23.9. The molecule has 0 aliphatic heterocycles. The molecule has 2 aliphatic rings. The van der Waals surface area contributed by atoms with Crippen molar-refractivity contribution < 1.29 is 9.90 Å². The zero-order valence-corrected chi connectivity index (χ0v) is 19.6. The number of benzene rings is 1. The van der Waals surface area contributed by atoms with Crippen LogP contribution in [0.15, 0.2) is 36.5 Å². The first kappa shape index (κ1) is 21.8. The van der Waals surface area contributed by atoms with Gasteiger partial charge in [0.2, 0.25) is 11.9 Å². The van der Waals surface area contributed by atoms with Gasteiger partial charge in [-0.05, 0) is 69.7 Å². The first-order valence-corrected chi connectivity index (χ1v) is 12.2. The van der Waals surface area contributed by atoms with Crippen molar-refractivity contribution in [3.63, 3.8) is 0 Å². The third kappa shape index (κ3) is 4.41. The van der Waals surface area contributed by atoms with E-state index in [-0.39, 0.29) is 30.0 Å². The molecule has 0 spiro atoms. The van der Waals surface area contributed by atoms with Gasteiger partial charge in [-0.25, -0.2) is 4.98 Å². The Morgan fingerprint density at radius 2 is 1.91 bits per heavy atom. The van der Waals surface area contributed by atoms with Gasteiger partial charge in [-0.3, -0.25) is 9.78 Å². The molecule has 6 rings (SSSR count). The van der Waals surface area contributed by atoms with Crippen molar-refractivity contribution in [3.05, 3.63) is 42.2 Å². The summed E-state index contributed by atoms with van der Waals surface area (Å²) < 4.78 is 1.71. The Kier molecular flexibility index (Phi) is 5.52. The fourth-order valence-electron chi connectivity index (χ4n) is 5.26. The molecule has 0 unspecified atom stereocenters. The van der Waals surface area contributed by atoms with Crippen molar-refractivity contribution in [3.8, 4) is 5.69 Å². The maximum Gasteiger partial charge on any atom is 0.225 e. The highest BCUT2D eigenvalue weighted by atomic mass is 16.3. The predicted molar refractivity (Wildman–Crippen MR) is 131 cm³/mol. The monoisotopic (exact) mass is 472 g/mol. The SMILES string of the molecule is Cc1ccc2cc(-n3nnc4cnc(N[C@@H]5CC[C@@H](C(=O)N[C@H]6CC[C@H](O)C6)C5)nc43)ccc2n1. The molecule has 0 saturated heterocycles. The highest BCUT2D eigenvalue weighted by Crippen LogP contribution is 2.29. The van der Waals surface area contributed by atoms with Gasteiger partial charge >= 0.3 is 0 Å². The molecule has 1 aromatic carbocycles. The van der Waals surface area contributed by atoms with E-state index in [1.165, 1.54) is 0 Å². The van der Waals surface area contributed by atoms with Crippen molar-refractivity contribution in [2.24, 2.45) is 5.92 Å². The zero-order valence-electron chi connectivity index (χ0n) is 19.6. The van der Waals surface area contributed by atoms with E-state index in [0.29, 0.717) is 23.5 Å². The first-order valence-electron chi connectivity index (χ1n) is 12.2. The maximum atomic E-state index is 12.7. The molecule has 1 amide bonds. The molecule has 3 N–H and O–H groups in total. The van der Waals surface area contributed by atoms with Gasteiger partial charge in [-0.15, -0.1) is 5.10 Å². The number of pyridine rings is 1. The Bertz CT molecular complexity index is 1400. The summed E-state index contributed by atoms with van der Waals surface area (Å²) in [5, 5.41) is 25.8. The van der Waals surface area contributed by atoms with Crippen LogP contribution in [0.1, 0.15) is 44.2 Å². The minimum atomic E-state index is -0.288. The molecule has 10 nitrogen and oxygen atoms in total. The van der Waals surface area contributed by atoms with Crippen LogP contribution in [0.5, 0.6) is 0 Å². The summed E-state index contributed by atoms with van der Waals surface area (Å²) in [4.78, 5) is 26.4. The lowest BCUT2D eigenvalue weighted by atomic mass is 10.1. The molecule has 2 fully saturated rings. The number of hydrogen-bond acceptors (Lipinski definition) is 8. The Labute approximate surface area is 202 Å². The summed E-state index contributed by atoms with van der Waals surface area (Å²) in [7, 11) is 0. The maximum absolute atomic E-state index is 12.7. The number of carbonyl (C=O) groups is 1. The second-order valence-corrected chi connectivity index (χ2v) is 9.76. The average Bonchev–Trinajstić information content (AvgIpc) is 3.59. The number of nitrogens with zero attached hydrogens (tertiary/aromatic N) is 6. The van der Waals surface area contributed by atoms with Crippen LogP contribution in [0, 0.1) is 12.8 Å². The molecule has 4 atom stereocenters. The quantitative estimate of drug-likeness (QED) is 0.404. The molecule has 35 heavy (non-hydrogen) atoms. The van der Waals surface area contributed by atoms with Gasteiger partial charge in [-0.1, -0.05) is 11.3 Å². The Hall–Kier alpha value is -3.66. The van der Waals surface area contributed by atoms with Crippen LogP contribution in [-0.2, 0) is 4.79 Å². The lowest BCUT2D eigenvalue weighted by molar-refractivity contribution is -0.125. The lowest BCUT2D eigenvalue weighted by Crippen LogP contribution is -2.37. The smallest absolute Gasteiger partial charge is 0.225 e. The standard InChI is InChI=1S/C25H28N8O2/c1-14-2-3-15-11-19(7-9-21(15)27-14)33-23-22(31-32-33)13-26-25(30-23)29-17-5-4-16(10-17)24(35)28-18-6-8-20(34)12-18/h2-3,7,9,11,13,16-18,20,34H,4-6,8,10,12H2,1H3,(H,28,35)(H,26,29,30)/t16-,17-,18+,20+/m1/s1. The molecule has 10 heteroatoms. The number of anilines is 1. The molecule has 180 valence electrons. The third-order valence-electron chi connectivity index (χ3n) is 7.14. The van der Waals surface area contributed by atoms with Gasteiger partial charge in [0, 0.05) is 29.1 Å². The normalized spacial score (nSPS) is 24.3. The van der Waals surface area contributed by atoms with E-state index in [1.807, 2.05) is 37.3 Å². The van der Waals surface area contributed by atoms with Gasteiger partial charge in [0.05, 0.1) is 23.5 Å². The molecular formula is C25H28N8O2. The van der Waals surface area contributed by atoms with Crippen LogP contribution in [-0.4, -0.2) is 59.1 Å². The number of aryl methyl sites for hydroxylation is 1. The molecule has 3 aromatic heterocycles. The van der Waals surface area contributed by atoms with E-state index < -0.39 is 0 Å². The topological polar surface area (TPSA) is 131 Å². The fraction of sp³-hybridized carbons (Fsp3) is 0.440. The molecule has 0 bridgehead atoms. The number of rotatable bonds is 5. The number of amides is 1. The number of aliphatic hydroxyl groups excluding tert-OH is 1. The van der Waals surface area contributed by atoms with E-state index in [4.69, 9.17) is 4.98 Å². The Morgan fingerprint density at radius 3 is 2.77 bits per heavy atom. The lowest BCUT2D eigenvalue weighted by Gasteiger charge is -2.17. The van der Waals surface area contributed by atoms with Crippen molar-refractivity contribution in [1.29, 1.82) is 0 Å².